The molecule has 0 fully saturated rings. The number of hydrogen-bond acceptors (Lipinski definition) is 1. The van der Waals surface area contributed by atoms with Crippen LogP contribution in [-0.2, 0) is 6.18 Å². The third kappa shape index (κ3) is 4.76. The maximum Gasteiger partial charge on any atom is 0.418 e. The zero-order chi connectivity index (χ0) is 25.0. The second kappa shape index (κ2) is 10.00. The summed E-state index contributed by atoms with van der Waals surface area (Å²) in [6, 6.07) is 1.58. The lowest BCUT2D eigenvalue weighted by Gasteiger charge is -2.33. The van der Waals surface area contributed by atoms with Gasteiger partial charge in [0.1, 0.15) is 0 Å². The molecule has 0 unspecified atom stereocenters. The van der Waals surface area contributed by atoms with Crippen LogP contribution in [0.4, 0.5) is 40.8 Å². The highest BCUT2D eigenvalue weighted by Crippen LogP contribution is 2.45. The SMILES string of the molecule is C#C/C=C\C=C/CN(c1c(-c2c(F)c(F)c(F)c(F)c2F)cccc1C(F)(F)F)C1C=CC=C1. The van der Waals surface area contributed by atoms with Gasteiger partial charge in [0, 0.05) is 12.1 Å². The fourth-order valence-electron chi connectivity index (χ4n) is 3.48. The number of allylic oxidation sites excluding steroid dienone is 5. The summed E-state index contributed by atoms with van der Waals surface area (Å²) in [6.07, 6.45) is 11.9. The average Bonchev–Trinajstić information content (AvgIpc) is 3.33. The van der Waals surface area contributed by atoms with Gasteiger partial charge >= 0.3 is 6.18 Å². The summed E-state index contributed by atoms with van der Waals surface area (Å²) in [5.74, 6) is -9.17. The lowest BCUT2D eigenvalue weighted by Crippen LogP contribution is -2.34. The normalized spacial score (nSPS) is 14.0. The van der Waals surface area contributed by atoms with E-state index in [0.717, 1.165) is 17.0 Å². The summed E-state index contributed by atoms with van der Waals surface area (Å²) in [6.45, 7) is -0.219. The standard InChI is InChI=1S/C25H15F8N/c1-2-3-4-5-8-14-34(15-10-6-7-11-15)24-16(12-9-13-17(24)25(31,32)33)18-19(26)21(28)23(30)22(29)20(18)27/h1,3-13,15H,14H2/b4-3-,8-5-. The maximum atomic E-state index is 14.6. The number of halogens is 8. The molecule has 9 heteroatoms. The summed E-state index contributed by atoms with van der Waals surface area (Å²) in [5.41, 5.74) is -4.31. The van der Waals surface area contributed by atoms with Gasteiger partial charge in [-0.3, -0.25) is 0 Å². The predicted octanol–water partition coefficient (Wildman–Crippen LogP) is 7.11. The molecule has 176 valence electrons. The summed E-state index contributed by atoms with van der Waals surface area (Å²) in [5, 5.41) is 0. The molecule has 1 aliphatic carbocycles. The van der Waals surface area contributed by atoms with E-state index in [0.29, 0.717) is 6.07 Å². The molecule has 0 spiro atoms. The van der Waals surface area contributed by atoms with Crippen LogP contribution in [0.1, 0.15) is 5.56 Å². The summed E-state index contributed by atoms with van der Waals surface area (Å²) in [4.78, 5) is 1.14. The van der Waals surface area contributed by atoms with Crippen molar-refractivity contribution in [3.05, 3.63) is 101 Å². The van der Waals surface area contributed by atoms with Gasteiger partial charge in [-0.25, -0.2) is 22.0 Å². The van der Waals surface area contributed by atoms with Crippen molar-refractivity contribution in [1.29, 1.82) is 0 Å². The van der Waals surface area contributed by atoms with Crippen molar-refractivity contribution in [3.63, 3.8) is 0 Å². The van der Waals surface area contributed by atoms with Crippen LogP contribution in [0.2, 0.25) is 0 Å². The van der Waals surface area contributed by atoms with Gasteiger partial charge in [0.15, 0.2) is 23.3 Å². The van der Waals surface area contributed by atoms with Crippen LogP contribution < -0.4 is 4.90 Å². The van der Waals surface area contributed by atoms with Crippen molar-refractivity contribution in [1.82, 2.24) is 0 Å². The molecule has 0 bridgehead atoms. The van der Waals surface area contributed by atoms with Crippen molar-refractivity contribution in [3.8, 4) is 23.5 Å². The molecule has 0 amide bonds. The molecule has 0 aliphatic heterocycles. The highest BCUT2D eigenvalue weighted by molar-refractivity contribution is 5.83. The molecule has 0 atom stereocenters. The van der Waals surface area contributed by atoms with Gasteiger partial charge in [0.05, 0.1) is 22.9 Å². The fraction of sp³-hybridized carbons (Fsp3) is 0.120. The third-order valence-corrected chi connectivity index (χ3v) is 4.94. The lowest BCUT2D eigenvalue weighted by atomic mass is 9.96. The van der Waals surface area contributed by atoms with Gasteiger partial charge in [-0.2, -0.15) is 13.2 Å². The second-order valence-electron chi connectivity index (χ2n) is 7.01. The average molecular weight is 481 g/mol. The Morgan fingerprint density at radius 1 is 0.882 bits per heavy atom. The lowest BCUT2D eigenvalue weighted by molar-refractivity contribution is -0.137. The predicted molar refractivity (Wildman–Crippen MR) is 113 cm³/mol. The van der Waals surface area contributed by atoms with Crippen LogP contribution >= 0.6 is 0 Å². The van der Waals surface area contributed by atoms with Crippen molar-refractivity contribution in [2.24, 2.45) is 0 Å². The van der Waals surface area contributed by atoms with E-state index in [9.17, 15) is 35.1 Å². The smallest absolute Gasteiger partial charge is 0.357 e. The van der Waals surface area contributed by atoms with Crippen LogP contribution in [0.5, 0.6) is 0 Å². The largest absolute Gasteiger partial charge is 0.418 e. The van der Waals surface area contributed by atoms with Crippen molar-refractivity contribution in [2.75, 3.05) is 11.4 Å². The Morgan fingerprint density at radius 3 is 2.03 bits per heavy atom. The molecule has 0 saturated heterocycles. The Kier molecular flexibility index (Phi) is 7.30. The first kappa shape index (κ1) is 24.8. The first-order chi connectivity index (χ1) is 16.1. The number of rotatable bonds is 6. The molecular weight excluding hydrogens is 466 g/mol. The minimum atomic E-state index is -5.01. The van der Waals surface area contributed by atoms with E-state index in [1.165, 1.54) is 36.5 Å². The van der Waals surface area contributed by atoms with E-state index in [4.69, 9.17) is 6.42 Å². The van der Waals surface area contributed by atoms with E-state index in [2.05, 4.69) is 5.92 Å². The Hall–Kier alpha value is -3.80. The number of anilines is 1. The minimum absolute atomic E-state index is 0.219. The minimum Gasteiger partial charge on any atom is -0.357 e. The van der Waals surface area contributed by atoms with E-state index in [1.54, 1.807) is 12.2 Å². The fourth-order valence-corrected chi connectivity index (χ4v) is 3.48. The second-order valence-corrected chi connectivity index (χ2v) is 7.01. The summed E-state index contributed by atoms with van der Waals surface area (Å²) < 4.78 is 113. The van der Waals surface area contributed by atoms with E-state index < -0.39 is 63.7 Å². The van der Waals surface area contributed by atoms with Gasteiger partial charge in [-0.15, -0.1) is 6.42 Å². The highest BCUT2D eigenvalue weighted by Gasteiger charge is 2.39. The Bertz CT molecular complexity index is 1200. The molecule has 3 rings (SSSR count). The molecule has 2 aromatic rings. The van der Waals surface area contributed by atoms with E-state index >= 15 is 0 Å². The highest BCUT2D eigenvalue weighted by atomic mass is 19.4. The summed E-state index contributed by atoms with van der Waals surface area (Å²) >= 11 is 0. The zero-order valence-corrected chi connectivity index (χ0v) is 17.2. The molecule has 1 nitrogen and oxygen atoms in total. The molecule has 1 aliphatic rings. The van der Waals surface area contributed by atoms with Gasteiger partial charge < -0.3 is 4.90 Å². The molecule has 0 radical (unpaired) electrons. The Labute approximate surface area is 190 Å². The van der Waals surface area contributed by atoms with Crippen molar-refractivity contribution < 1.29 is 35.1 Å². The van der Waals surface area contributed by atoms with Gasteiger partial charge in [-0.05, 0) is 12.1 Å². The number of alkyl halides is 3. The Balaban J connectivity index is 2.34. The van der Waals surface area contributed by atoms with Crippen LogP contribution in [0.25, 0.3) is 11.1 Å². The Morgan fingerprint density at radius 2 is 1.47 bits per heavy atom. The molecule has 0 saturated carbocycles. The third-order valence-electron chi connectivity index (χ3n) is 4.94. The topological polar surface area (TPSA) is 3.24 Å². The molecule has 34 heavy (non-hydrogen) atoms. The van der Waals surface area contributed by atoms with Crippen LogP contribution in [-0.4, -0.2) is 12.6 Å². The van der Waals surface area contributed by atoms with E-state index in [-0.39, 0.29) is 6.54 Å². The number of nitrogens with zero attached hydrogens (tertiary/aromatic N) is 1. The van der Waals surface area contributed by atoms with Crippen LogP contribution in [0.15, 0.2) is 66.8 Å². The van der Waals surface area contributed by atoms with Crippen LogP contribution in [0.3, 0.4) is 0 Å². The molecular formula is C25H15F8N. The van der Waals surface area contributed by atoms with E-state index in [1.807, 2.05) is 0 Å². The molecule has 0 heterocycles. The zero-order valence-electron chi connectivity index (χ0n) is 17.2. The number of terminal acetylenes is 1. The number of hydrogen-bond donors (Lipinski definition) is 0. The number of para-hydroxylation sites is 1. The first-order valence-electron chi connectivity index (χ1n) is 9.71. The van der Waals surface area contributed by atoms with Crippen molar-refractivity contribution in [2.45, 2.75) is 12.2 Å². The first-order valence-corrected chi connectivity index (χ1v) is 9.71. The quantitative estimate of drug-likeness (QED) is 0.140. The van der Waals surface area contributed by atoms with Crippen molar-refractivity contribution >= 4 is 5.69 Å². The van der Waals surface area contributed by atoms with Gasteiger partial charge in [0.25, 0.3) is 0 Å². The monoisotopic (exact) mass is 481 g/mol. The van der Waals surface area contributed by atoms with Gasteiger partial charge in [0.2, 0.25) is 5.82 Å². The summed E-state index contributed by atoms with van der Waals surface area (Å²) in [7, 11) is 0. The molecule has 0 N–H and O–H groups in total. The number of benzene rings is 2. The molecule has 2 aromatic carbocycles. The maximum absolute atomic E-state index is 14.6. The van der Waals surface area contributed by atoms with Crippen LogP contribution in [0, 0.1) is 41.4 Å². The van der Waals surface area contributed by atoms with Gasteiger partial charge in [-0.1, -0.05) is 60.6 Å². The molecule has 0 aromatic heterocycles.